The van der Waals surface area contributed by atoms with Gasteiger partial charge in [-0.3, -0.25) is 4.79 Å². The van der Waals surface area contributed by atoms with Crippen molar-refractivity contribution in [2.24, 2.45) is 0 Å². The fraction of sp³-hybridized carbons (Fsp3) is 0.222. The van der Waals surface area contributed by atoms with Gasteiger partial charge in [0, 0.05) is 11.6 Å². The minimum Gasteiger partial charge on any atom is -0.393 e. The first-order valence-electron chi connectivity index (χ1n) is 7.97. The summed E-state index contributed by atoms with van der Waals surface area (Å²) in [4.78, 5) is 16.7. The lowest BCUT2D eigenvalue weighted by molar-refractivity contribution is -0.0790. The molecule has 0 radical (unpaired) electrons. The number of carbonyl (C=O) groups excluding carboxylic acids is 1. The molecule has 9 heteroatoms. The number of aliphatic hydroxyl groups excluding tert-OH is 1. The van der Waals surface area contributed by atoms with Crippen LogP contribution in [0.3, 0.4) is 0 Å². The van der Waals surface area contributed by atoms with Crippen LogP contribution in [0.2, 0.25) is 0 Å². The second-order valence-electron chi connectivity index (χ2n) is 5.91. The fourth-order valence-electron chi connectivity index (χ4n) is 2.57. The lowest BCUT2D eigenvalue weighted by atomic mass is 10.0. The molecule has 0 spiro atoms. The Balaban J connectivity index is 1.73. The predicted octanol–water partition coefficient (Wildman–Crippen LogP) is 4.05. The van der Waals surface area contributed by atoms with Crippen molar-refractivity contribution >= 4 is 35.1 Å². The number of aliphatic hydroxyl groups is 1. The molecular weight excluding hydrogens is 379 g/mol. The smallest absolute Gasteiger partial charge is 0.393 e. The monoisotopic (exact) mass is 395 g/mol. The fourth-order valence-corrected chi connectivity index (χ4v) is 3.46. The van der Waals surface area contributed by atoms with Gasteiger partial charge in [0.15, 0.2) is 0 Å². The van der Waals surface area contributed by atoms with Crippen molar-refractivity contribution in [3.63, 3.8) is 0 Å². The maximum Gasteiger partial charge on any atom is 0.409 e. The normalized spacial score (nSPS) is 16.3. The molecule has 1 aromatic heterocycles. The number of fused-ring (bicyclic) bond motifs is 1. The van der Waals surface area contributed by atoms with Crippen LogP contribution < -0.4 is 10.6 Å². The van der Waals surface area contributed by atoms with Gasteiger partial charge < -0.3 is 15.7 Å². The van der Waals surface area contributed by atoms with Crippen LogP contribution in [0.5, 0.6) is 0 Å². The molecule has 1 atom stereocenters. The number of hydrogen-bond donors (Lipinski definition) is 3. The number of aromatic nitrogens is 1. The maximum atomic E-state index is 12.5. The summed E-state index contributed by atoms with van der Waals surface area (Å²) in [5.74, 6) is -0.384. The highest BCUT2D eigenvalue weighted by Gasteiger charge is 2.23. The summed E-state index contributed by atoms with van der Waals surface area (Å²) >= 11 is 1.40. The van der Waals surface area contributed by atoms with E-state index in [4.69, 9.17) is 0 Å². The molecule has 1 aliphatic heterocycles. The van der Waals surface area contributed by atoms with Gasteiger partial charge in [0.1, 0.15) is 10.4 Å². The molecule has 142 valence electrons. The number of anilines is 2. The average Bonchev–Trinajstić information content (AvgIpc) is 3.01. The van der Waals surface area contributed by atoms with E-state index in [2.05, 4.69) is 15.6 Å². The van der Waals surface area contributed by atoms with Gasteiger partial charge in [0.2, 0.25) is 0 Å². The van der Waals surface area contributed by atoms with E-state index in [1.165, 1.54) is 36.2 Å². The van der Waals surface area contributed by atoms with Gasteiger partial charge in [-0.25, -0.2) is 4.98 Å². The molecule has 2 heterocycles. The second kappa shape index (κ2) is 7.61. The van der Waals surface area contributed by atoms with Crippen molar-refractivity contribution in [3.05, 3.63) is 53.2 Å². The molecule has 3 rings (SSSR count). The number of allylic oxidation sites excluding steroid dienone is 1. The van der Waals surface area contributed by atoms with Crippen LogP contribution >= 0.6 is 11.8 Å². The number of rotatable bonds is 4. The molecule has 0 saturated carbocycles. The van der Waals surface area contributed by atoms with Crippen molar-refractivity contribution in [2.45, 2.75) is 23.5 Å². The third kappa shape index (κ3) is 4.81. The number of pyridine rings is 1. The Morgan fingerprint density at radius 2 is 2.19 bits per heavy atom. The molecule has 3 N–H and O–H groups in total. The third-order valence-electron chi connectivity index (χ3n) is 3.81. The molecule has 0 fully saturated rings. The van der Waals surface area contributed by atoms with Crippen molar-refractivity contribution < 1.29 is 23.1 Å². The largest absolute Gasteiger partial charge is 0.409 e. The number of aryl methyl sites for hydroxylation is 1. The van der Waals surface area contributed by atoms with Crippen LogP contribution in [0.15, 0.2) is 41.6 Å². The number of nitrogens with zero attached hydrogens (tertiary/aromatic N) is 1. The van der Waals surface area contributed by atoms with Gasteiger partial charge in [-0.15, -0.1) is 0 Å². The van der Waals surface area contributed by atoms with Crippen LogP contribution in [-0.2, 0) is 0 Å². The van der Waals surface area contributed by atoms with Crippen molar-refractivity contribution in [3.8, 4) is 0 Å². The van der Waals surface area contributed by atoms with Gasteiger partial charge in [-0.1, -0.05) is 30.0 Å². The van der Waals surface area contributed by atoms with Crippen molar-refractivity contribution in [1.82, 2.24) is 4.98 Å². The minimum atomic E-state index is -4.38. The first-order valence-corrected chi connectivity index (χ1v) is 8.85. The number of amides is 1. The molecule has 0 aliphatic carbocycles. The van der Waals surface area contributed by atoms with Crippen LogP contribution in [0.1, 0.15) is 21.5 Å². The number of nitrogens with one attached hydrogen (secondary N) is 2. The van der Waals surface area contributed by atoms with E-state index in [9.17, 15) is 23.1 Å². The van der Waals surface area contributed by atoms with Gasteiger partial charge in [-0.2, -0.15) is 13.2 Å². The summed E-state index contributed by atoms with van der Waals surface area (Å²) in [6, 6.07) is 6.17. The van der Waals surface area contributed by atoms with Crippen LogP contribution in [0, 0.1) is 6.92 Å². The Bertz CT molecular complexity index is 900. The topological polar surface area (TPSA) is 74.2 Å². The van der Waals surface area contributed by atoms with E-state index < -0.39 is 6.18 Å². The van der Waals surface area contributed by atoms with E-state index >= 15 is 0 Å². The predicted molar refractivity (Wildman–Crippen MR) is 98.8 cm³/mol. The molecule has 1 unspecified atom stereocenters. The zero-order valence-corrected chi connectivity index (χ0v) is 15.0. The highest BCUT2D eigenvalue weighted by atomic mass is 32.2. The number of hydrogen-bond acceptors (Lipinski definition) is 5. The summed E-state index contributed by atoms with van der Waals surface area (Å²) in [6.45, 7) is 1.61. The molecule has 0 bridgehead atoms. The molecule has 1 aromatic carbocycles. The van der Waals surface area contributed by atoms with Crippen LogP contribution in [0.25, 0.3) is 6.08 Å². The third-order valence-corrected chi connectivity index (χ3v) is 4.91. The highest BCUT2D eigenvalue weighted by Crippen LogP contribution is 2.37. The van der Waals surface area contributed by atoms with Gasteiger partial charge in [-0.05, 0) is 30.2 Å². The molecule has 5 nitrogen and oxygen atoms in total. The minimum absolute atomic E-state index is 0.0446. The molecular formula is C18H16F3N3O2S. The van der Waals surface area contributed by atoms with E-state index in [1.54, 1.807) is 13.0 Å². The zero-order chi connectivity index (χ0) is 19.6. The molecule has 1 amide bonds. The summed E-state index contributed by atoms with van der Waals surface area (Å²) in [6.07, 6.45) is -1.75. The molecule has 0 saturated heterocycles. The van der Waals surface area contributed by atoms with E-state index in [0.29, 0.717) is 22.4 Å². The Labute approximate surface area is 157 Å². The van der Waals surface area contributed by atoms with Crippen LogP contribution in [-0.4, -0.2) is 34.2 Å². The average molecular weight is 395 g/mol. The standard InChI is InChI=1S/C18H16F3N3O2S/c1-10-6-11(4-5-18(19,20)21)2-3-13(10)16(26)23-12-7-14-17(22-8-12)27-15(9-25)24-14/h2-8,15,24-25H,9H2,1H3,(H,23,26)/b5-4+. The summed E-state index contributed by atoms with van der Waals surface area (Å²) in [7, 11) is 0. The second-order valence-corrected chi connectivity index (χ2v) is 7.10. The molecule has 1 aliphatic rings. The van der Waals surface area contributed by atoms with E-state index in [0.717, 1.165) is 16.8 Å². The summed E-state index contributed by atoms with van der Waals surface area (Å²) in [5.41, 5.74) is 2.47. The number of thioether (sulfide) groups is 1. The maximum absolute atomic E-state index is 12.5. The number of benzene rings is 1. The quantitative estimate of drug-likeness (QED) is 0.728. The number of alkyl halides is 3. The Kier molecular flexibility index (Phi) is 5.43. The summed E-state index contributed by atoms with van der Waals surface area (Å²) in [5, 5.41) is 15.6. The Morgan fingerprint density at radius 1 is 1.41 bits per heavy atom. The van der Waals surface area contributed by atoms with Crippen molar-refractivity contribution in [1.29, 1.82) is 0 Å². The Hall–Kier alpha value is -2.52. The first kappa shape index (κ1) is 19.2. The van der Waals surface area contributed by atoms with Crippen molar-refractivity contribution in [2.75, 3.05) is 17.2 Å². The lowest BCUT2D eigenvalue weighted by Crippen LogP contribution is -2.15. The van der Waals surface area contributed by atoms with E-state index in [-0.39, 0.29) is 24.0 Å². The summed E-state index contributed by atoms with van der Waals surface area (Å²) < 4.78 is 36.8. The SMILES string of the molecule is Cc1cc(/C=C/C(F)(F)F)ccc1C(=O)Nc1cnc2c(c1)NC(CO)S2. The molecule has 2 aromatic rings. The highest BCUT2D eigenvalue weighted by molar-refractivity contribution is 8.00. The number of carbonyl (C=O) groups is 1. The first-order chi connectivity index (χ1) is 12.7. The van der Waals surface area contributed by atoms with Gasteiger partial charge in [0.05, 0.1) is 24.2 Å². The van der Waals surface area contributed by atoms with Crippen LogP contribution in [0.4, 0.5) is 24.5 Å². The Morgan fingerprint density at radius 3 is 2.85 bits per heavy atom. The molecule has 27 heavy (non-hydrogen) atoms. The zero-order valence-electron chi connectivity index (χ0n) is 14.2. The number of halogens is 3. The lowest BCUT2D eigenvalue weighted by Gasteiger charge is -2.10. The van der Waals surface area contributed by atoms with Gasteiger partial charge in [0.25, 0.3) is 5.91 Å². The van der Waals surface area contributed by atoms with E-state index in [1.807, 2.05) is 0 Å². The van der Waals surface area contributed by atoms with Gasteiger partial charge >= 0.3 is 6.18 Å².